The zero-order valence-corrected chi connectivity index (χ0v) is 18.7. The molecule has 10 heteroatoms. The number of likely N-dealkylation sites (tertiary alicyclic amines) is 1. The van der Waals surface area contributed by atoms with Crippen LogP contribution >= 0.6 is 0 Å². The van der Waals surface area contributed by atoms with Gasteiger partial charge >= 0.3 is 12.2 Å². The third-order valence-electron chi connectivity index (χ3n) is 5.87. The Bertz CT molecular complexity index is 1130. The largest absolute Gasteiger partial charge is 0.497 e. The number of amides is 2. The molecule has 180 valence electrons. The van der Waals surface area contributed by atoms with E-state index in [1.807, 2.05) is 0 Å². The first-order valence-corrected chi connectivity index (χ1v) is 10.7. The Morgan fingerprint density at radius 1 is 1.09 bits per heavy atom. The van der Waals surface area contributed by atoms with E-state index in [2.05, 4.69) is 4.98 Å². The van der Waals surface area contributed by atoms with Crippen LogP contribution in [0.15, 0.2) is 52.9 Å². The summed E-state index contributed by atoms with van der Waals surface area (Å²) in [5.74, 6) is 1.50. The number of methoxy groups -OCH3 is 1. The molecule has 2 aromatic carbocycles. The molecule has 0 radical (unpaired) electrons. The lowest BCUT2D eigenvalue weighted by Gasteiger charge is -2.31. The summed E-state index contributed by atoms with van der Waals surface area (Å²) in [6, 6.07) is 11.5. The van der Waals surface area contributed by atoms with E-state index in [-0.39, 0.29) is 5.92 Å². The first-order valence-electron chi connectivity index (χ1n) is 10.7. The molecule has 1 aliphatic heterocycles. The molecule has 7 nitrogen and oxygen atoms in total. The fraction of sp³-hybridized carbons (Fsp3) is 0.333. The molecule has 1 N–H and O–H groups in total. The van der Waals surface area contributed by atoms with E-state index in [0.29, 0.717) is 65.2 Å². The van der Waals surface area contributed by atoms with Gasteiger partial charge in [0.1, 0.15) is 11.4 Å². The van der Waals surface area contributed by atoms with Crippen LogP contribution in [0.3, 0.4) is 0 Å². The third-order valence-corrected chi connectivity index (χ3v) is 5.87. The molecule has 0 aliphatic carbocycles. The molecule has 0 saturated carbocycles. The normalized spacial score (nSPS) is 14.8. The Kier molecular flexibility index (Phi) is 6.52. The topological polar surface area (TPSA) is 79.0 Å². The van der Waals surface area contributed by atoms with Crippen LogP contribution in [0.5, 0.6) is 5.75 Å². The quantitative estimate of drug-likeness (QED) is 0.389. The van der Waals surface area contributed by atoms with Gasteiger partial charge in [-0.3, -0.25) is 5.21 Å². The molecule has 0 spiro atoms. The van der Waals surface area contributed by atoms with Crippen molar-refractivity contribution in [1.29, 1.82) is 0 Å². The van der Waals surface area contributed by atoms with E-state index in [1.54, 1.807) is 36.3 Å². The SMILES string of the molecule is COc1ccc(-c2oc(C3CCN(C(=O)N(C)O)CC3)nc2-c2ccc(C(F)(F)F)cc2)cc1. The molecule has 0 atom stereocenters. The molecule has 4 rings (SSSR count). The Labute approximate surface area is 194 Å². The number of nitrogens with zero attached hydrogens (tertiary/aromatic N) is 3. The fourth-order valence-electron chi connectivity index (χ4n) is 3.98. The predicted octanol–water partition coefficient (Wildman–Crippen LogP) is 5.66. The van der Waals surface area contributed by atoms with Gasteiger partial charge in [0.05, 0.1) is 12.7 Å². The number of alkyl halides is 3. The Morgan fingerprint density at radius 2 is 1.68 bits per heavy atom. The minimum absolute atomic E-state index is 0.0757. The highest BCUT2D eigenvalue weighted by molar-refractivity contribution is 5.77. The van der Waals surface area contributed by atoms with E-state index in [4.69, 9.17) is 9.15 Å². The maximum Gasteiger partial charge on any atom is 0.416 e. The van der Waals surface area contributed by atoms with E-state index in [1.165, 1.54) is 19.2 Å². The van der Waals surface area contributed by atoms with Crippen molar-refractivity contribution in [3.63, 3.8) is 0 Å². The van der Waals surface area contributed by atoms with Gasteiger partial charge < -0.3 is 14.1 Å². The highest BCUT2D eigenvalue weighted by Crippen LogP contribution is 2.39. The molecule has 0 unspecified atom stereocenters. The summed E-state index contributed by atoms with van der Waals surface area (Å²) in [6.07, 6.45) is -3.27. The van der Waals surface area contributed by atoms with Crippen molar-refractivity contribution in [3.8, 4) is 28.3 Å². The molecule has 0 bridgehead atoms. The van der Waals surface area contributed by atoms with Crippen molar-refractivity contribution < 1.29 is 32.3 Å². The average Bonchev–Trinajstić information content (AvgIpc) is 3.28. The van der Waals surface area contributed by atoms with Gasteiger partial charge in [-0.1, -0.05) is 12.1 Å². The van der Waals surface area contributed by atoms with E-state index >= 15 is 0 Å². The second kappa shape index (κ2) is 9.38. The second-order valence-electron chi connectivity index (χ2n) is 8.10. The van der Waals surface area contributed by atoms with Gasteiger partial charge in [0.15, 0.2) is 11.7 Å². The number of urea groups is 1. The lowest BCUT2D eigenvalue weighted by Crippen LogP contribution is -2.43. The number of hydrogen-bond acceptors (Lipinski definition) is 5. The van der Waals surface area contributed by atoms with Crippen molar-refractivity contribution >= 4 is 6.03 Å². The summed E-state index contributed by atoms with van der Waals surface area (Å²) >= 11 is 0. The van der Waals surface area contributed by atoms with Crippen LogP contribution in [0, 0.1) is 0 Å². The number of hydrogen-bond donors (Lipinski definition) is 1. The van der Waals surface area contributed by atoms with E-state index < -0.39 is 17.8 Å². The monoisotopic (exact) mass is 475 g/mol. The minimum atomic E-state index is -4.43. The molecule has 1 fully saturated rings. The molecule has 1 aromatic heterocycles. The average molecular weight is 475 g/mol. The molecule has 34 heavy (non-hydrogen) atoms. The first kappa shape index (κ1) is 23.6. The molecule has 1 aliphatic rings. The number of benzene rings is 2. The van der Waals surface area contributed by atoms with Gasteiger partial charge in [0, 0.05) is 37.2 Å². The van der Waals surface area contributed by atoms with Gasteiger partial charge in [0.2, 0.25) is 0 Å². The van der Waals surface area contributed by atoms with Crippen molar-refractivity contribution in [3.05, 3.63) is 60.0 Å². The second-order valence-corrected chi connectivity index (χ2v) is 8.10. The highest BCUT2D eigenvalue weighted by atomic mass is 19.4. The van der Waals surface area contributed by atoms with Gasteiger partial charge in [-0.2, -0.15) is 13.2 Å². The molecule has 3 aromatic rings. The van der Waals surface area contributed by atoms with Crippen LogP contribution in [0.1, 0.15) is 30.2 Å². The van der Waals surface area contributed by atoms with Gasteiger partial charge in [-0.15, -0.1) is 0 Å². The zero-order chi connectivity index (χ0) is 24.5. The summed E-state index contributed by atoms with van der Waals surface area (Å²) in [5.41, 5.74) is 0.923. The smallest absolute Gasteiger partial charge is 0.416 e. The van der Waals surface area contributed by atoms with Crippen molar-refractivity contribution in [2.75, 3.05) is 27.2 Å². The minimum Gasteiger partial charge on any atom is -0.497 e. The molecule has 1 saturated heterocycles. The number of piperidine rings is 1. The van der Waals surface area contributed by atoms with Crippen LogP contribution in [0.4, 0.5) is 18.0 Å². The molecular weight excluding hydrogens is 451 g/mol. The number of ether oxygens (including phenoxy) is 1. The summed E-state index contributed by atoms with van der Waals surface area (Å²) in [7, 11) is 2.83. The Balaban J connectivity index is 1.67. The predicted molar refractivity (Wildman–Crippen MR) is 117 cm³/mol. The van der Waals surface area contributed by atoms with Gasteiger partial charge in [0.25, 0.3) is 0 Å². The number of oxazole rings is 1. The number of hydroxylamine groups is 2. The number of rotatable bonds is 4. The number of aromatic nitrogens is 1. The van der Waals surface area contributed by atoms with Crippen LogP contribution in [0.25, 0.3) is 22.6 Å². The maximum absolute atomic E-state index is 13.0. The van der Waals surface area contributed by atoms with Crippen LogP contribution < -0.4 is 4.74 Å². The molecule has 2 heterocycles. The molecular formula is C24H24F3N3O4. The fourth-order valence-corrected chi connectivity index (χ4v) is 3.98. The van der Waals surface area contributed by atoms with E-state index in [9.17, 15) is 23.2 Å². The number of halogens is 3. The first-order chi connectivity index (χ1) is 16.2. The lowest BCUT2D eigenvalue weighted by molar-refractivity contribution is -0.137. The number of carbonyl (C=O) groups is 1. The van der Waals surface area contributed by atoms with Gasteiger partial charge in [-0.25, -0.2) is 14.8 Å². The molecule has 2 amide bonds. The Hall–Kier alpha value is -3.53. The Morgan fingerprint density at radius 3 is 2.21 bits per heavy atom. The maximum atomic E-state index is 13.0. The number of carbonyl (C=O) groups excluding carboxylic acids is 1. The summed E-state index contributed by atoms with van der Waals surface area (Å²) in [6.45, 7) is 0.842. The third kappa shape index (κ3) is 4.86. The van der Waals surface area contributed by atoms with Crippen molar-refractivity contribution in [2.24, 2.45) is 0 Å². The summed E-state index contributed by atoms with van der Waals surface area (Å²) in [5, 5.41) is 9.94. The van der Waals surface area contributed by atoms with Crippen LogP contribution in [-0.2, 0) is 6.18 Å². The van der Waals surface area contributed by atoms with E-state index in [0.717, 1.165) is 12.1 Å². The van der Waals surface area contributed by atoms with Crippen LogP contribution in [0.2, 0.25) is 0 Å². The lowest BCUT2D eigenvalue weighted by atomic mass is 9.97. The summed E-state index contributed by atoms with van der Waals surface area (Å²) in [4.78, 5) is 18.2. The highest BCUT2D eigenvalue weighted by Gasteiger charge is 2.32. The van der Waals surface area contributed by atoms with Crippen molar-refractivity contribution in [2.45, 2.75) is 24.9 Å². The summed E-state index contributed by atoms with van der Waals surface area (Å²) < 4.78 is 50.5. The van der Waals surface area contributed by atoms with Crippen molar-refractivity contribution in [1.82, 2.24) is 14.9 Å². The standard InChI is InChI=1S/C24H24F3N3O4/c1-29(32)23(31)30-13-11-17(12-14-30)22-28-20(15-3-7-18(8-4-15)24(25,26)27)21(34-22)16-5-9-19(33-2)10-6-16/h3-10,17,32H,11-14H2,1-2H3. The zero-order valence-electron chi connectivity index (χ0n) is 18.7. The van der Waals surface area contributed by atoms with Crippen LogP contribution in [-0.4, -0.2) is 53.4 Å². The van der Waals surface area contributed by atoms with Gasteiger partial charge in [-0.05, 0) is 49.2 Å².